The maximum atomic E-state index is 5.62. The van der Waals surface area contributed by atoms with Crippen molar-refractivity contribution in [2.75, 3.05) is 38.7 Å². The van der Waals surface area contributed by atoms with Gasteiger partial charge < -0.3 is 9.47 Å². The number of hydrogen-bond donors (Lipinski definition) is 0. The van der Waals surface area contributed by atoms with Gasteiger partial charge in [0.2, 0.25) is 0 Å². The molecule has 1 aromatic rings. The Morgan fingerprint density at radius 2 is 1.94 bits per heavy atom. The lowest BCUT2D eigenvalue weighted by molar-refractivity contribution is 0.0772. The first kappa shape index (κ1) is 11.8. The van der Waals surface area contributed by atoms with Crippen LogP contribution in [0.1, 0.15) is 0 Å². The van der Waals surface area contributed by atoms with Crippen LogP contribution >= 0.6 is 11.9 Å². The van der Waals surface area contributed by atoms with E-state index in [0.717, 1.165) is 44.4 Å². The van der Waals surface area contributed by atoms with E-state index in [0.29, 0.717) is 0 Å². The Balaban J connectivity index is 1.58. The van der Waals surface area contributed by atoms with E-state index in [1.54, 1.807) is 0 Å². The van der Waals surface area contributed by atoms with E-state index in [-0.39, 0.29) is 0 Å². The Kier molecular flexibility index (Phi) is 4.99. The highest BCUT2D eigenvalue weighted by Gasteiger charge is 2.09. The van der Waals surface area contributed by atoms with Crippen molar-refractivity contribution >= 4 is 11.9 Å². The second kappa shape index (κ2) is 6.78. The quantitative estimate of drug-likeness (QED) is 0.579. The summed E-state index contributed by atoms with van der Waals surface area (Å²) in [5.41, 5.74) is 0. The molecule has 0 spiro atoms. The fraction of sp³-hybridized carbons (Fsp3) is 0.500. The summed E-state index contributed by atoms with van der Waals surface area (Å²) in [7, 11) is 0. The van der Waals surface area contributed by atoms with Crippen LogP contribution in [0.4, 0.5) is 0 Å². The van der Waals surface area contributed by atoms with Crippen LogP contribution in [0.5, 0.6) is 5.75 Å². The summed E-state index contributed by atoms with van der Waals surface area (Å²) in [5.74, 6) is 1.94. The van der Waals surface area contributed by atoms with Crippen LogP contribution in [-0.2, 0) is 4.74 Å². The Bertz CT molecular complexity index is 288. The highest BCUT2D eigenvalue weighted by atomic mass is 32.2. The van der Waals surface area contributed by atoms with Gasteiger partial charge in [-0.05, 0) is 12.1 Å². The van der Waals surface area contributed by atoms with E-state index >= 15 is 0 Å². The summed E-state index contributed by atoms with van der Waals surface area (Å²) in [6.45, 7) is 4.51. The second-order valence-corrected chi connectivity index (χ2v) is 4.72. The van der Waals surface area contributed by atoms with Gasteiger partial charge in [0.15, 0.2) is 0 Å². The van der Waals surface area contributed by atoms with Crippen molar-refractivity contribution in [2.24, 2.45) is 0 Å². The minimum Gasteiger partial charge on any atom is -0.493 e. The molecule has 0 unspecified atom stereocenters. The zero-order valence-corrected chi connectivity index (χ0v) is 10.1. The van der Waals surface area contributed by atoms with Gasteiger partial charge in [0.05, 0.1) is 19.8 Å². The predicted octanol–water partition coefficient (Wildman–Crippen LogP) is 2.05. The summed E-state index contributed by atoms with van der Waals surface area (Å²) in [6, 6.07) is 9.95. The zero-order valence-electron chi connectivity index (χ0n) is 9.30. The van der Waals surface area contributed by atoms with E-state index in [4.69, 9.17) is 9.47 Å². The molecule has 0 aliphatic carbocycles. The van der Waals surface area contributed by atoms with E-state index in [9.17, 15) is 0 Å². The maximum Gasteiger partial charge on any atom is 0.119 e. The van der Waals surface area contributed by atoms with Gasteiger partial charge in [0.1, 0.15) is 5.75 Å². The van der Waals surface area contributed by atoms with Crippen LogP contribution < -0.4 is 4.74 Å². The first-order chi connectivity index (χ1) is 7.95. The number of para-hydroxylation sites is 1. The molecule has 0 amide bonds. The Morgan fingerprint density at radius 3 is 2.69 bits per heavy atom. The van der Waals surface area contributed by atoms with E-state index in [1.165, 1.54) is 0 Å². The second-order valence-electron chi connectivity index (χ2n) is 3.54. The minimum absolute atomic E-state index is 0.756. The van der Waals surface area contributed by atoms with Crippen LogP contribution in [0.2, 0.25) is 0 Å². The Labute approximate surface area is 101 Å². The molecule has 1 aromatic carbocycles. The van der Waals surface area contributed by atoms with E-state index < -0.39 is 0 Å². The highest BCUT2D eigenvalue weighted by molar-refractivity contribution is 7.97. The van der Waals surface area contributed by atoms with Gasteiger partial charge in [-0.15, -0.1) is 0 Å². The monoisotopic (exact) mass is 239 g/mol. The summed E-state index contributed by atoms with van der Waals surface area (Å²) in [5, 5.41) is 0. The highest BCUT2D eigenvalue weighted by Crippen LogP contribution is 2.13. The lowest BCUT2D eigenvalue weighted by Gasteiger charge is -2.25. The zero-order chi connectivity index (χ0) is 11.1. The first-order valence-corrected chi connectivity index (χ1v) is 6.53. The van der Waals surface area contributed by atoms with E-state index in [1.807, 2.05) is 42.3 Å². The van der Waals surface area contributed by atoms with Crippen molar-refractivity contribution in [2.45, 2.75) is 0 Å². The fourth-order valence-corrected chi connectivity index (χ4v) is 2.34. The van der Waals surface area contributed by atoms with Crippen molar-refractivity contribution in [3.8, 4) is 5.75 Å². The van der Waals surface area contributed by atoms with Crippen molar-refractivity contribution in [1.29, 1.82) is 0 Å². The smallest absolute Gasteiger partial charge is 0.119 e. The van der Waals surface area contributed by atoms with Crippen LogP contribution in [0.25, 0.3) is 0 Å². The summed E-state index contributed by atoms with van der Waals surface area (Å²) in [4.78, 5) is 0. The van der Waals surface area contributed by atoms with Gasteiger partial charge in [-0.25, -0.2) is 4.31 Å². The molecule has 1 saturated heterocycles. The first-order valence-electron chi connectivity index (χ1n) is 5.58. The van der Waals surface area contributed by atoms with Crippen LogP contribution in [0, 0.1) is 0 Å². The molecular formula is C12H17NO2S. The average Bonchev–Trinajstić information content (AvgIpc) is 2.37. The predicted molar refractivity (Wildman–Crippen MR) is 66.8 cm³/mol. The molecule has 1 aliphatic rings. The molecule has 4 heteroatoms. The molecule has 0 aromatic heterocycles. The number of nitrogens with zero attached hydrogens (tertiary/aromatic N) is 1. The molecule has 0 atom stereocenters. The summed E-state index contributed by atoms with van der Waals surface area (Å²) < 4.78 is 13.3. The maximum absolute atomic E-state index is 5.62. The Hall–Kier alpha value is -0.710. The molecule has 88 valence electrons. The van der Waals surface area contributed by atoms with Crippen LogP contribution in [0.3, 0.4) is 0 Å². The fourth-order valence-electron chi connectivity index (χ4n) is 1.52. The lowest BCUT2D eigenvalue weighted by atomic mass is 10.3. The molecule has 1 heterocycles. The molecule has 0 saturated carbocycles. The third kappa shape index (κ3) is 4.04. The Morgan fingerprint density at radius 1 is 1.19 bits per heavy atom. The van der Waals surface area contributed by atoms with Crippen molar-refractivity contribution < 1.29 is 9.47 Å². The third-order valence-electron chi connectivity index (χ3n) is 2.34. The molecule has 1 aliphatic heterocycles. The standard InChI is InChI=1S/C12H17NO2S/c1-2-4-12(5-3-1)15-10-11-16-13-6-8-14-9-7-13/h1-5H,6-11H2. The normalized spacial score (nSPS) is 17.2. The molecule has 1 fully saturated rings. The van der Waals surface area contributed by atoms with Gasteiger partial charge in [-0.3, -0.25) is 0 Å². The van der Waals surface area contributed by atoms with Crippen molar-refractivity contribution in [3.63, 3.8) is 0 Å². The molecule has 0 N–H and O–H groups in total. The van der Waals surface area contributed by atoms with Gasteiger partial charge >= 0.3 is 0 Å². The van der Waals surface area contributed by atoms with E-state index in [2.05, 4.69) is 4.31 Å². The number of rotatable bonds is 5. The number of hydrogen-bond acceptors (Lipinski definition) is 4. The van der Waals surface area contributed by atoms with Gasteiger partial charge in [-0.1, -0.05) is 30.1 Å². The number of morpholine rings is 1. The van der Waals surface area contributed by atoms with Crippen molar-refractivity contribution in [3.05, 3.63) is 30.3 Å². The molecular weight excluding hydrogens is 222 g/mol. The number of benzene rings is 1. The topological polar surface area (TPSA) is 21.7 Å². The molecule has 2 rings (SSSR count). The summed E-state index contributed by atoms with van der Waals surface area (Å²) in [6.07, 6.45) is 0. The largest absolute Gasteiger partial charge is 0.493 e. The lowest BCUT2D eigenvalue weighted by Crippen LogP contribution is -2.31. The average molecular weight is 239 g/mol. The van der Waals surface area contributed by atoms with Crippen LogP contribution in [-0.4, -0.2) is 43.0 Å². The molecule has 0 bridgehead atoms. The number of ether oxygens (including phenoxy) is 2. The minimum atomic E-state index is 0.756. The van der Waals surface area contributed by atoms with Crippen LogP contribution in [0.15, 0.2) is 30.3 Å². The van der Waals surface area contributed by atoms with Gasteiger partial charge in [-0.2, -0.15) is 0 Å². The van der Waals surface area contributed by atoms with Gasteiger partial charge in [0.25, 0.3) is 0 Å². The molecule has 16 heavy (non-hydrogen) atoms. The SMILES string of the molecule is c1ccc(OCCSN2CCOCC2)cc1. The van der Waals surface area contributed by atoms with Gasteiger partial charge in [0, 0.05) is 18.8 Å². The third-order valence-corrected chi connectivity index (χ3v) is 3.42. The summed E-state index contributed by atoms with van der Waals surface area (Å²) >= 11 is 1.84. The van der Waals surface area contributed by atoms with Crippen molar-refractivity contribution in [1.82, 2.24) is 4.31 Å². The molecule has 0 radical (unpaired) electrons. The molecule has 3 nitrogen and oxygen atoms in total.